The summed E-state index contributed by atoms with van der Waals surface area (Å²) in [7, 11) is 0. The molecule has 0 amide bonds. The molecule has 2 rings (SSSR count). The molecule has 1 aliphatic heterocycles. The first kappa shape index (κ1) is 14.5. The van der Waals surface area contributed by atoms with Gasteiger partial charge in [0.2, 0.25) is 0 Å². The zero-order valence-corrected chi connectivity index (χ0v) is 11.5. The van der Waals surface area contributed by atoms with Crippen LogP contribution in [0.4, 0.5) is 4.79 Å². The molecule has 0 aromatic heterocycles. The molecule has 0 saturated carbocycles. The number of carbonyl (C=O) groups is 2. The molecular formula is C15H19NO4. The summed E-state index contributed by atoms with van der Waals surface area (Å²) >= 11 is 0. The molecule has 0 aliphatic carbocycles. The minimum Gasteiger partial charge on any atom is -0.429 e. The van der Waals surface area contributed by atoms with Gasteiger partial charge < -0.3 is 14.8 Å². The molecule has 0 radical (unpaired) electrons. The Hall–Kier alpha value is -1.88. The van der Waals surface area contributed by atoms with Gasteiger partial charge in [0, 0.05) is 0 Å². The molecule has 108 valence electrons. The molecule has 5 heteroatoms. The predicted octanol–water partition coefficient (Wildman–Crippen LogP) is 2.25. The molecule has 1 saturated heterocycles. The summed E-state index contributed by atoms with van der Waals surface area (Å²) in [6.45, 7) is 2.89. The summed E-state index contributed by atoms with van der Waals surface area (Å²) in [4.78, 5) is 23.3. The molecular weight excluding hydrogens is 258 g/mol. The van der Waals surface area contributed by atoms with Crippen LogP contribution in [0.3, 0.4) is 0 Å². The Kier molecular flexibility index (Phi) is 5.12. The summed E-state index contributed by atoms with van der Waals surface area (Å²) in [6, 6.07) is 8.85. The number of benzene rings is 1. The Balaban J connectivity index is 1.78. The molecule has 1 fully saturated rings. The molecule has 0 unspecified atom stereocenters. The highest BCUT2D eigenvalue weighted by Crippen LogP contribution is 2.20. The van der Waals surface area contributed by atoms with E-state index in [1.807, 2.05) is 37.3 Å². The molecule has 2 atom stereocenters. The predicted molar refractivity (Wildman–Crippen MR) is 72.9 cm³/mol. The summed E-state index contributed by atoms with van der Waals surface area (Å²) in [5.74, 6) is -0.322. The van der Waals surface area contributed by atoms with Gasteiger partial charge in [0.25, 0.3) is 0 Å². The van der Waals surface area contributed by atoms with E-state index in [9.17, 15) is 9.59 Å². The standard InChI is InChI=1S/C15H19NO4/c1-2-12-8-9-16-13(12)14(17)20-15(18)19-10-11-6-4-3-5-7-11/h3-7,12-13,16H,2,8-10H2,1H3/t12-,13+/m1/s1. The minimum atomic E-state index is -0.942. The molecule has 20 heavy (non-hydrogen) atoms. The Morgan fingerprint density at radius 2 is 2.05 bits per heavy atom. The van der Waals surface area contributed by atoms with Crippen LogP contribution in [0.5, 0.6) is 0 Å². The molecule has 1 aliphatic rings. The van der Waals surface area contributed by atoms with Crippen molar-refractivity contribution < 1.29 is 19.1 Å². The third-order valence-corrected chi connectivity index (χ3v) is 3.51. The van der Waals surface area contributed by atoms with Crippen molar-refractivity contribution in [2.75, 3.05) is 6.54 Å². The lowest BCUT2D eigenvalue weighted by atomic mass is 9.98. The lowest BCUT2D eigenvalue weighted by molar-refractivity contribution is -0.143. The van der Waals surface area contributed by atoms with Crippen LogP contribution in [0.1, 0.15) is 25.3 Å². The zero-order valence-electron chi connectivity index (χ0n) is 11.5. The maximum Gasteiger partial charge on any atom is 0.516 e. The van der Waals surface area contributed by atoms with E-state index in [1.54, 1.807) is 0 Å². The van der Waals surface area contributed by atoms with Crippen LogP contribution in [-0.4, -0.2) is 24.7 Å². The molecule has 0 bridgehead atoms. The van der Waals surface area contributed by atoms with Crippen molar-refractivity contribution in [1.82, 2.24) is 5.32 Å². The molecule has 1 aromatic carbocycles. The minimum absolute atomic E-state index is 0.0995. The number of rotatable bonds is 4. The van der Waals surface area contributed by atoms with Crippen LogP contribution >= 0.6 is 0 Å². The van der Waals surface area contributed by atoms with Crippen molar-refractivity contribution in [1.29, 1.82) is 0 Å². The molecule has 0 spiro atoms. The first-order chi connectivity index (χ1) is 9.70. The highest BCUT2D eigenvalue weighted by atomic mass is 16.7. The highest BCUT2D eigenvalue weighted by Gasteiger charge is 2.34. The van der Waals surface area contributed by atoms with Crippen molar-refractivity contribution in [2.24, 2.45) is 5.92 Å². The lowest BCUT2D eigenvalue weighted by Crippen LogP contribution is -2.38. The Labute approximate surface area is 118 Å². The van der Waals surface area contributed by atoms with Gasteiger partial charge in [-0.15, -0.1) is 0 Å². The number of esters is 1. The molecule has 1 N–H and O–H groups in total. The van der Waals surface area contributed by atoms with Crippen LogP contribution in [0.15, 0.2) is 30.3 Å². The SMILES string of the molecule is CC[C@@H]1CCN[C@@H]1C(=O)OC(=O)OCc1ccccc1. The van der Waals surface area contributed by atoms with Crippen LogP contribution < -0.4 is 5.32 Å². The Morgan fingerprint density at radius 3 is 2.75 bits per heavy atom. The van der Waals surface area contributed by atoms with Crippen LogP contribution in [-0.2, 0) is 20.9 Å². The Morgan fingerprint density at radius 1 is 1.30 bits per heavy atom. The van der Waals surface area contributed by atoms with E-state index in [0.717, 1.165) is 24.9 Å². The quantitative estimate of drug-likeness (QED) is 0.675. The molecule has 1 heterocycles. The van der Waals surface area contributed by atoms with E-state index in [1.165, 1.54) is 0 Å². The molecule has 1 aromatic rings. The number of hydrogen-bond acceptors (Lipinski definition) is 5. The highest BCUT2D eigenvalue weighted by molar-refractivity contribution is 5.86. The van der Waals surface area contributed by atoms with Gasteiger partial charge in [-0.1, -0.05) is 43.7 Å². The van der Waals surface area contributed by atoms with Gasteiger partial charge in [-0.2, -0.15) is 0 Å². The van der Waals surface area contributed by atoms with Gasteiger partial charge in [0.05, 0.1) is 0 Å². The lowest BCUT2D eigenvalue weighted by Gasteiger charge is -2.15. The van der Waals surface area contributed by atoms with Crippen molar-refractivity contribution in [3.63, 3.8) is 0 Å². The van der Waals surface area contributed by atoms with Crippen molar-refractivity contribution >= 4 is 12.1 Å². The largest absolute Gasteiger partial charge is 0.516 e. The van der Waals surface area contributed by atoms with E-state index >= 15 is 0 Å². The van der Waals surface area contributed by atoms with Gasteiger partial charge in [0.15, 0.2) is 0 Å². The van der Waals surface area contributed by atoms with Crippen molar-refractivity contribution in [3.05, 3.63) is 35.9 Å². The number of hydrogen-bond donors (Lipinski definition) is 1. The monoisotopic (exact) mass is 277 g/mol. The number of carbonyl (C=O) groups excluding carboxylic acids is 2. The van der Waals surface area contributed by atoms with E-state index in [2.05, 4.69) is 5.32 Å². The normalized spacial score (nSPS) is 21.4. The maximum atomic E-state index is 11.9. The van der Waals surface area contributed by atoms with E-state index < -0.39 is 18.2 Å². The second-order valence-corrected chi connectivity index (χ2v) is 4.83. The number of nitrogens with one attached hydrogen (secondary N) is 1. The zero-order chi connectivity index (χ0) is 14.4. The summed E-state index contributed by atoms with van der Waals surface area (Å²) < 4.78 is 9.64. The first-order valence-electron chi connectivity index (χ1n) is 6.86. The average molecular weight is 277 g/mol. The third kappa shape index (κ3) is 3.81. The smallest absolute Gasteiger partial charge is 0.429 e. The van der Waals surface area contributed by atoms with Crippen LogP contribution in [0.25, 0.3) is 0 Å². The van der Waals surface area contributed by atoms with Crippen molar-refractivity contribution in [3.8, 4) is 0 Å². The second kappa shape index (κ2) is 7.05. The fourth-order valence-electron chi connectivity index (χ4n) is 2.36. The first-order valence-corrected chi connectivity index (χ1v) is 6.86. The van der Waals surface area contributed by atoms with Gasteiger partial charge in [0.1, 0.15) is 12.6 Å². The van der Waals surface area contributed by atoms with E-state index in [0.29, 0.717) is 0 Å². The topological polar surface area (TPSA) is 64.6 Å². The fraction of sp³-hybridized carbons (Fsp3) is 0.467. The van der Waals surface area contributed by atoms with Gasteiger partial charge in [-0.05, 0) is 24.4 Å². The maximum absolute atomic E-state index is 11.9. The summed E-state index contributed by atoms with van der Waals surface area (Å²) in [5, 5.41) is 3.05. The third-order valence-electron chi connectivity index (χ3n) is 3.51. The fourth-order valence-corrected chi connectivity index (χ4v) is 2.36. The van der Waals surface area contributed by atoms with Gasteiger partial charge in [-0.3, -0.25) is 0 Å². The van der Waals surface area contributed by atoms with Crippen molar-refractivity contribution in [2.45, 2.75) is 32.4 Å². The average Bonchev–Trinajstić information content (AvgIpc) is 2.95. The summed E-state index contributed by atoms with van der Waals surface area (Å²) in [5.41, 5.74) is 0.849. The second-order valence-electron chi connectivity index (χ2n) is 4.83. The van der Waals surface area contributed by atoms with Crippen LogP contribution in [0.2, 0.25) is 0 Å². The van der Waals surface area contributed by atoms with E-state index in [-0.39, 0.29) is 12.5 Å². The summed E-state index contributed by atoms with van der Waals surface area (Å²) in [6.07, 6.45) is 0.864. The molecule has 5 nitrogen and oxygen atoms in total. The number of ether oxygens (including phenoxy) is 2. The van der Waals surface area contributed by atoms with E-state index in [4.69, 9.17) is 9.47 Å². The van der Waals surface area contributed by atoms with Gasteiger partial charge in [-0.25, -0.2) is 9.59 Å². The van der Waals surface area contributed by atoms with Gasteiger partial charge >= 0.3 is 12.1 Å². The van der Waals surface area contributed by atoms with Crippen LogP contribution in [0, 0.1) is 5.92 Å². The Bertz CT molecular complexity index is 460.